The minimum atomic E-state index is -4.32. The molecule has 1 fully saturated rings. The van der Waals surface area contributed by atoms with Gasteiger partial charge >= 0.3 is 6.18 Å². The van der Waals surface area contributed by atoms with Gasteiger partial charge in [0.2, 0.25) is 0 Å². The van der Waals surface area contributed by atoms with Gasteiger partial charge in [-0.1, -0.05) is 6.08 Å². The van der Waals surface area contributed by atoms with Gasteiger partial charge in [-0.2, -0.15) is 13.2 Å². The standard InChI is InChI=1S/C9H9F3N2S/c10-9(11,12)8-14-5-7(15-8)2-1-6-3-13-4-6/h1-2,5-6,13H,3-4H2. The van der Waals surface area contributed by atoms with Crippen molar-refractivity contribution in [2.24, 2.45) is 5.92 Å². The van der Waals surface area contributed by atoms with Gasteiger partial charge in [0.05, 0.1) is 0 Å². The lowest BCUT2D eigenvalue weighted by Gasteiger charge is -2.23. The molecule has 0 radical (unpaired) electrons. The quantitative estimate of drug-likeness (QED) is 0.849. The molecule has 0 aromatic carbocycles. The summed E-state index contributed by atoms with van der Waals surface area (Å²) in [5.74, 6) is 0.446. The molecule has 0 atom stereocenters. The van der Waals surface area contributed by atoms with E-state index in [1.807, 2.05) is 6.08 Å². The van der Waals surface area contributed by atoms with Crippen LogP contribution < -0.4 is 5.32 Å². The van der Waals surface area contributed by atoms with Crippen molar-refractivity contribution in [2.45, 2.75) is 6.18 Å². The van der Waals surface area contributed by atoms with Gasteiger partial charge in [-0.15, -0.1) is 11.3 Å². The van der Waals surface area contributed by atoms with E-state index in [0.29, 0.717) is 22.1 Å². The molecule has 15 heavy (non-hydrogen) atoms. The summed E-state index contributed by atoms with van der Waals surface area (Å²) >= 11 is 0.673. The van der Waals surface area contributed by atoms with Crippen LogP contribution in [0, 0.1) is 5.92 Å². The largest absolute Gasteiger partial charge is 0.443 e. The van der Waals surface area contributed by atoms with Crippen molar-refractivity contribution in [3.05, 3.63) is 22.2 Å². The summed E-state index contributed by atoms with van der Waals surface area (Å²) in [6, 6.07) is 0. The van der Waals surface area contributed by atoms with Crippen LogP contribution in [0.4, 0.5) is 13.2 Å². The van der Waals surface area contributed by atoms with E-state index in [1.54, 1.807) is 6.08 Å². The van der Waals surface area contributed by atoms with Crippen molar-refractivity contribution in [3.8, 4) is 0 Å². The van der Waals surface area contributed by atoms with Crippen LogP contribution in [0.5, 0.6) is 0 Å². The summed E-state index contributed by atoms with van der Waals surface area (Å²) in [5.41, 5.74) is 0. The molecule has 0 spiro atoms. The minimum Gasteiger partial charge on any atom is -0.315 e. The second kappa shape index (κ2) is 3.94. The predicted octanol–water partition coefficient (Wildman–Crippen LogP) is 2.39. The lowest BCUT2D eigenvalue weighted by atomic mass is 10.0. The highest BCUT2D eigenvalue weighted by atomic mass is 32.1. The third-order valence-corrected chi connectivity index (χ3v) is 3.12. The number of alkyl halides is 3. The van der Waals surface area contributed by atoms with Crippen LogP contribution in [0.2, 0.25) is 0 Å². The highest BCUT2D eigenvalue weighted by molar-refractivity contribution is 7.12. The normalized spacial score (nSPS) is 18.3. The van der Waals surface area contributed by atoms with Crippen LogP contribution in [0.3, 0.4) is 0 Å². The van der Waals surface area contributed by atoms with Crippen molar-refractivity contribution < 1.29 is 13.2 Å². The van der Waals surface area contributed by atoms with Crippen LogP contribution in [0.25, 0.3) is 6.08 Å². The molecule has 0 aliphatic carbocycles. The van der Waals surface area contributed by atoms with E-state index in [0.717, 1.165) is 13.1 Å². The third kappa shape index (κ3) is 2.57. The summed E-state index contributed by atoms with van der Waals surface area (Å²) in [5, 5.41) is 2.30. The molecule has 82 valence electrons. The third-order valence-electron chi connectivity index (χ3n) is 2.11. The van der Waals surface area contributed by atoms with Gasteiger partial charge in [-0.25, -0.2) is 4.98 Å². The molecule has 0 amide bonds. The number of aromatic nitrogens is 1. The smallest absolute Gasteiger partial charge is 0.315 e. The second-order valence-corrected chi connectivity index (χ2v) is 4.41. The molecule has 1 aliphatic heterocycles. The Hall–Kier alpha value is -0.880. The second-order valence-electron chi connectivity index (χ2n) is 3.34. The van der Waals surface area contributed by atoms with E-state index in [2.05, 4.69) is 10.3 Å². The van der Waals surface area contributed by atoms with Crippen LogP contribution in [-0.2, 0) is 6.18 Å². The highest BCUT2D eigenvalue weighted by Crippen LogP contribution is 2.32. The molecule has 2 nitrogen and oxygen atoms in total. The molecular formula is C9H9F3N2S. The topological polar surface area (TPSA) is 24.9 Å². The van der Waals surface area contributed by atoms with E-state index >= 15 is 0 Å². The Morgan fingerprint density at radius 1 is 1.47 bits per heavy atom. The van der Waals surface area contributed by atoms with Gasteiger partial charge in [0.1, 0.15) is 0 Å². The van der Waals surface area contributed by atoms with Gasteiger partial charge in [-0.3, -0.25) is 0 Å². The molecule has 6 heteroatoms. The zero-order valence-electron chi connectivity index (χ0n) is 7.71. The highest BCUT2D eigenvalue weighted by Gasteiger charge is 2.34. The predicted molar refractivity (Wildman–Crippen MR) is 52.5 cm³/mol. The Kier molecular flexibility index (Phi) is 2.79. The molecule has 1 aliphatic rings. The first kappa shape index (κ1) is 10.6. The van der Waals surface area contributed by atoms with Crippen LogP contribution >= 0.6 is 11.3 Å². The maximum Gasteiger partial charge on any atom is 0.443 e. The number of halogens is 3. The molecule has 1 aromatic rings. The van der Waals surface area contributed by atoms with Gasteiger partial charge < -0.3 is 5.32 Å². The van der Waals surface area contributed by atoms with Crippen LogP contribution in [0.1, 0.15) is 9.88 Å². The maximum absolute atomic E-state index is 12.2. The van der Waals surface area contributed by atoms with Crippen molar-refractivity contribution in [2.75, 3.05) is 13.1 Å². The lowest BCUT2D eigenvalue weighted by Crippen LogP contribution is -2.40. The van der Waals surface area contributed by atoms with Crippen molar-refractivity contribution in [1.82, 2.24) is 10.3 Å². The summed E-state index contributed by atoms with van der Waals surface area (Å²) in [6.45, 7) is 1.81. The number of hydrogen-bond acceptors (Lipinski definition) is 3. The van der Waals surface area contributed by atoms with E-state index in [1.165, 1.54) is 6.20 Å². The van der Waals surface area contributed by atoms with Crippen LogP contribution in [0.15, 0.2) is 12.3 Å². The van der Waals surface area contributed by atoms with E-state index in [-0.39, 0.29) is 0 Å². The molecule has 0 saturated carbocycles. The fourth-order valence-corrected chi connectivity index (χ4v) is 1.87. The van der Waals surface area contributed by atoms with Gasteiger partial charge in [0, 0.05) is 30.1 Å². The molecule has 0 bridgehead atoms. The van der Waals surface area contributed by atoms with E-state index in [4.69, 9.17) is 0 Å². The summed E-state index contributed by atoms with van der Waals surface area (Å²) < 4.78 is 36.6. The fourth-order valence-electron chi connectivity index (χ4n) is 1.17. The number of hydrogen-bond donors (Lipinski definition) is 1. The molecule has 2 heterocycles. The first-order chi connectivity index (χ1) is 7.05. The number of nitrogens with one attached hydrogen (secondary N) is 1. The van der Waals surface area contributed by atoms with Gasteiger partial charge in [-0.05, 0) is 6.08 Å². The Bertz CT molecular complexity index is 366. The summed E-state index contributed by atoms with van der Waals surface area (Å²) in [6.07, 6.45) is 0.563. The zero-order chi connectivity index (χ0) is 10.9. The average molecular weight is 234 g/mol. The first-order valence-electron chi connectivity index (χ1n) is 4.47. The number of thiazole rings is 1. The summed E-state index contributed by atoms with van der Waals surface area (Å²) in [4.78, 5) is 3.89. The molecule has 1 aromatic heterocycles. The Morgan fingerprint density at radius 3 is 2.67 bits per heavy atom. The molecule has 0 unspecified atom stereocenters. The van der Waals surface area contributed by atoms with E-state index in [9.17, 15) is 13.2 Å². The van der Waals surface area contributed by atoms with Crippen molar-refractivity contribution in [3.63, 3.8) is 0 Å². The lowest BCUT2D eigenvalue weighted by molar-refractivity contribution is -0.137. The maximum atomic E-state index is 12.2. The molecule has 2 rings (SSSR count). The van der Waals surface area contributed by atoms with Crippen LogP contribution in [-0.4, -0.2) is 18.1 Å². The molecular weight excluding hydrogens is 225 g/mol. The van der Waals surface area contributed by atoms with Gasteiger partial charge in [0.15, 0.2) is 5.01 Å². The van der Waals surface area contributed by atoms with Crippen molar-refractivity contribution in [1.29, 1.82) is 0 Å². The monoisotopic (exact) mass is 234 g/mol. The number of nitrogens with zero attached hydrogens (tertiary/aromatic N) is 1. The average Bonchev–Trinajstić information content (AvgIpc) is 2.48. The Morgan fingerprint density at radius 2 is 2.20 bits per heavy atom. The molecule has 1 N–H and O–H groups in total. The zero-order valence-corrected chi connectivity index (χ0v) is 8.53. The minimum absolute atomic E-state index is 0.446. The summed E-state index contributed by atoms with van der Waals surface area (Å²) in [7, 11) is 0. The SMILES string of the molecule is FC(F)(F)c1ncc(C=CC2CNC2)s1. The molecule has 1 saturated heterocycles. The fraction of sp³-hybridized carbons (Fsp3) is 0.444. The Labute approximate surface area is 88.8 Å². The Balaban J connectivity index is 2.03. The van der Waals surface area contributed by atoms with E-state index < -0.39 is 11.2 Å². The van der Waals surface area contributed by atoms with Crippen molar-refractivity contribution >= 4 is 17.4 Å². The number of rotatable bonds is 2. The first-order valence-corrected chi connectivity index (χ1v) is 5.29. The van der Waals surface area contributed by atoms with Gasteiger partial charge in [0.25, 0.3) is 0 Å².